The van der Waals surface area contributed by atoms with Crippen molar-refractivity contribution in [2.45, 2.75) is 39.5 Å². The van der Waals surface area contributed by atoms with Gasteiger partial charge in [-0.15, -0.1) is 0 Å². The number of hydrogen-bond donors (Lipinski definition) is 0. The van der Waals surface area contributed by atoms with Crippen molar-refractivity contribution >= 4 is 5.57 Å². The fourth-order valence-electron chi connectivity index (χ4n) is 2.98. The van der Waals surface area contributed by atoms with Gasteiger partial charge < -0.3 is 4.90 Å². The molecule has 0 aromatic heterocycles. The summed E-state index contributed by atoms with van der Waals surface area (Å²) in [5.74, 6) is 0.744. The maximum Gasteiger partial charge on any atom is 0.00102 e. The maximum absolute atomic E-state index is 3.99. The molecule has 0 spiro atoms. The van der Waals surface area contributed by atoms with Crippen LogP contribution < -0.4 is 0 Å². The number of hydrogen-bond acceptors (Lipinski definition) is 1. The van der Waals surface area contributed by atoms with E-state index in [4.69, 9.17) is 0 Å². The molecular weight excluding hydrogens is 230 g/mol. The Morgan fingerprint density at radius 2 is 1.79 bits per heavy atom. The molecule has 0 aliphatic carbocycles. The highest BCUT2D eigenvalue weighted by Gasteiger charge is 2.13. The van der Waals surface area contributed by atoms with E-state index in [1.54, 1.807) is 0 Å². The van der Waals surface area contributed by atoms with Crippen LogP contribution >= 0.6 is 0 Å². The molecule has 1 nitrogen and oxygen atoms in total. The van der Waals surface area contributed by atoms with Gasteiger partial charge in [-0.05, 0) is 56.3 Å². The first kappa shape index (κ1) is 14.3. The second-order valence-electron chi connectivity index (χ2n) is 6.15. The Labute approximate surface area is 118 Å². The van der Waals surface area contributed by atoms with Crippen LogP contribution in [0.4, 0.5) is 0 Å². The van der Waals surface area contributed by atoms with Crippen LogP contribution in [-0.4, -0.2) is 24.5 Å². The van der Waals surface area contributed by atoms with Crippen molar-refractivity contribution in [2.24, 2.45) is 5.92 Å². The van der Waals surface area contributed by atoms with E-state index in [2.05, 4.69) is 49.6 Å². The minimum absolute atomic E-state index is 0.744. The molecule has 0 radical (unpaired) electrons. The van der Waals surface area contributed by atoms with Crippen molar-refractivity contribution in [1.29, 1.82) is 0 Å². The molecule has 1 aliphatic rings. The molecule has 1 aromatic carbocycles. The first-order valence-electron chi connectivity index (χ1n) is 7.62. The topological polar surface area (TPSA) is 3.24 Å². The third kappa shape index (κ3) is 4.50. The number of rotatable bonds is 5. The van der Waals surface area contributed by atoms with Gasteiger partial charge in [0.1, 0.15) is 0 Å². The Morgan fingerprint density at radius 1 is 1.16 bits per heavy atom. The van der Waals surface area contributed by atoms with Crippen molar-refractivity contribution in [1.82, 2.24) is 4.90 Å². The number of benzene rings is 1. The number of nitrogens with zero attached hydrogens (tertiary/aromatic N) is 1. The average Bonchev–Trinajstić information content (AvgIpc) is 2.40. The predicted molar refractivity (Wildman–Crippen MR) is 84.3 cm³/mol. The van der Waals surface area contributed by atoms with E-state index >= 15 is 0 Å². The third-order valence-electron chi connectivity index (χ3n) is 4.05. The highest BCUT2D eigenvalue weighted by molar-refractivity contribution is 5.61. The van der Waals surface area contributed by atoms with Gasteiger partial charge >= 0.3 is 0 Å². The third-order valence-corrected chi connectivity index (χ3v) is 4.05. The Morgan fingerprint density at radius 3 is 2.37 bits per heavy atom. The second-order valence-corrected chi connectivity index (χ2v) is 6.15. The van der Waals surface area contributed by atoms with Gasteiger partial charge in [-0.1, -0.05) is 49.8 Å². The molecule has 0 amide bonds. The minimum Gasteiger partial charge on any atom is -0.303 e. The lowest BCUT2D eigenvalue weighted by atomic mass is 9.97. The average molecular weight is 257 g/mol. The molecule has 0 bridgehead atoms. The quantitative estimate of drug-likeness (QED) is 0.756. The Balaban J connectivity index is 1.83. The fourth-order valence-corrected chi connectivity index (χ4v) is 2.98. The standard InChI is InChI=1S/C18H27N/c1-15(2)18-9-7-17(8-10-18)13-16(3)14-19-11-5-4-6-12-19/h7-10,16H,1,4-6,11-14H2,2-3H3. The van der Waals surface area contributed by atoms with E-state index in [9.17, 15) is 0 Å². The Kier molecular flexibility index (Phi) is 5.21. The normalized spacial score (nSPS) is 18.2. The fraction of sp³-hybridized carbons (Fsp3) is 0.556. The second kappa shape index (κ2) is 6.91. The van der Waals surface area contributed by atoms with Crippen LogP contribution in [0.5, 0.6) is 0 Å². The summed E-state index contributed by atoms with van der Waals surface area (Å²) in [7, 11) is 0. The lowest BCUT2D eigenvalue weighted by Gasteiger charge is -2.29. The molecule has 19 heavy (non-hydrogen) atoms. The van der Waals surface area contributed by atoms with Gasteiger partial charge in [0.2, 0.25) is 0 Å². The van der Waals surface area contributed by atoms with Crippen molar-refractivity contribution in [2.75, 3.05) is 19.6 Å². The highest BCUT2D eigenvalue weighted by Crippen LogP contribution is 2.17. The summed E-state index contributed by atoms with van der Waals surface area (Å²) >= 11 is 0. The summed E-state index contributed by atoms with van der Waals surface area (Å²) in [6, 6.07) is 8.92. The number of piperidine rings is 1. The molecule has 1 atom stereocenters. The summed E-state index contributed by atoms with van der Waals surface area (Å²) in [4.78, 5) is 2.64. The molecule has 1 aromatic rings. The SMILES string of the molecule is C=C(C)c1ccc(CC(C)CN2CCCCC2)cc1. The molecule has 1 heterocycles. The van der Waals surface area contributed by atoms with Crippen molar-refractivity contribution in [3.63, 3.8) is 0 Å². The predicted octanol–water partition coefficient (Wildman–Crippen LogP) is 4.38. The minimum atomic E-state index is 0.744. The van der Waals surface area contributed by atoms with E-state index in [1.807, 2.05) is 0 Å². The van der Waals surface area contributed by atoms with Gasteiger partial charge in [-0.3, -0.25) is 0 Å². The van der Waals surface area contributed by atoms with Crippen molar-refractivity contribution in [3.8, 4) is 0 Å². The van der Waals surface area contributed by atoms with E-state index in [0.29, 0.717) is 0 Å². The molecule has 1 fully saturated rings. The molecule has 0 N–H and O–H groups in total. The van der Waals surface area contributed by atoms with Crippen molar-refractivity contribution in [3.05, 3.63) is 42.0 Å². The van der Waals surface area contributed by atoms with Crippen molar-refractivity contribution < 1.29 is 0 Å². The number of allylic oxidation sites excluding steroid dienone is 1. The first-order chi connectivity index (χ1) is 9.15. The summed E-state index contributed by atoms with van der Waals surface area (Å²) in [5.41, 5.74) is 3.86. The van der Waals surface area contributed by atoms with Gasteiger partial charge in [-0.25, -0.2) is 0 Å². The zero-order valence-electron chi connectivity index (χ0n) is 12.5. The molecular formula is C18H27N. The first-order valence-corrected chi connectivity index (χ1v) is 7.62. The Bertz CT molecular complexity index is 398. The van der Waals surface area contributed by atoms with E-state index in [0.717, 1.165) is 11.5 Å². The largest absolute Gasteiger partial charge is 0.303 e. The molecule has 104 valence electrons. The molecule has 2 rings (SSSR count). The van der Waals surface area contributed by atoms with Crippen LogP contribution in [0.3, 0.4) is 0 Å². The van der Waals surface area contributed by atoms with E-state index in [-0.39, 0.29) is 0 Å². The lowest BCUT2D eigenvalue weighted by Crippen LogP contribution is -2.34. The van der Waals surface area contributed by atoms with Gasteiger partial charge in [-0.2, -0.15) is 0 Å². The van der Waals surface area contributed by atoms with Crippen LogP contribution in [-0.2, 0) is 6.42 Å². The summed E-state index contributed by atoms with van der Waals surface area (Å²) < 4.78 is 0. The molecule has 1 aliphatic heterocycles. The molecule has 1 unspecified atom stereocenters. The zero-order chi connectivity index (χ0) is 13.7. The Hall–Kier alpha value is -1.08. The van der Waals surface area contributed by atoms with Crippen LogP contribution in [0.2, 0.25) is 0 Å². The van der Waals surface area contributed by atoms with Crippen LogP contribution in [0.25, 0.3) is 5.57 Å². The monoisotopic (exact) mass is 257 g/mol. The van der Waals surface area contributed by atoms with Crippen LogP contribution in [0.1, 0.15) is 44.2 Å². The van der Waals surface area contributed by atoms with Gasteiger partial charge in [0.15, 0.2) is 0 Å². The molecule has 0 saturated carbocycles. The van der Waals surface area contributed by atoms with Gasteiger partial charge in [0, 0.05) is 6.54 Å². The smallest absolute Gasteiger partial charge is 0.00102 e. The van der Waals surface area contributed by atoms with E-state index in [1.165, 1.54) is 56.4 Å². The lowest BCUT2D eigenvalue weighted by molar-refractivity contribution is 0.200. The van der Waals surface area contributed by atoms with Gasteiger partial charge in [0.25, 0.3) is 0 Å². The summed E-state index contributed by atoms with van der Waals surface area (Å²) in [5, 5.41) is 0. The van der Waals surface area contributed by atoms with Crippen LogP contribution in [0.15, 0.2) is 30.8 Å². The highest BCUT2D eigenvalue weighted by atomic mass is 15.1. The van der Waals surface area contributed by atoms with Gasteiger partial charge in [0.05, 0.1) is 0 Å². The summed E-state index contributed by atoms with van der Waals surface area (Å²) in [6.45, 7) is 12.3. The molecule has 1 heteroatoms. The zero-order valence-corrected chi connectivity index (χ0v) is 12.5. The van der Waals surface area contributed by atoms with Crippen LogP contribution in [0, 0.1) is 5.92 Å². The number of likely N-dealkylation sites (tertiary alicyclic amines) is 1. The molecule has 1 saturated heterocycles. The van der Waals surface area contributed by atoms with E-state index < -0.39 is 0 Å². The summed E-state index contributed by atoms with van der Waals surface area (Å²) in [6.07, 6.45) is 5.39. The maximum atomic E-state index is 3.99.